The summed E-state index contributed by atoms with van der Waals surface area (Å²) in [4.78, 5) is 12.2. The Morgan fingerprint density at radius 2 is 1.52 bits per heavy atom. The van der Waals surface area contributed by atoms with E-state index in [2.05, 4.69) is 36.6 Å². The molecular weight excluding hydrogens is 388 g/mol. The lowest BCUT2D eigenvalue weighted by Gasteiger charge is -2.19. The van der Waals surface area contributed by atoms with Crippen molar-refractivity contribution in [1.29, 1.82) is 0 Å². The highest BCUT2D eigenvalue weighted by molar-refractivity contribution is 5.77. The number of ether oxygens (including phenoxy) is 2. The molecule has 1 amide bonds. The zero-order valence-electron chi connectivity index (χ0n) is 20.0. The predicted molar refractivity (Wildman–Crippen MR) is 129 cm³/mol. The van der Waals surface area contributed by atoms with Crippen molar-refractivity contribution in [2.24, 2.45) is 0 Å². The van der Waals surface area contributed by atoms with E-state index >= 15 is 0 Å². The van der Waals surface area contributed by atoms with Crippen LogP contribution in [0.5, 0.6) is 0 Å². The first-order chi connectivity index (χ1) is 15.3. The highest BCUT2D eigenvalue weighted by atomic mass is 16.5. The van der Waals surface area contributed by atoms with Gasteiger partial charge in [0.2, 0.25) is 5.91 Å². The van der Waals surface area contributed by atoms with Crippen LogP contribution in [-0.2, 0) is 20.8 Å². The highest BCUT2D eigenvalue weighted by Gasteiger charge is 2.11. The Bertz CT molecular complexity index is 525. The van der Waals surface area contributed by atoms with Gasteiger partial charge in [-0.15, -0.1) is 0 Å². The van der Waals surface area contributed by atoms with Gasteiger partial charge in [0, 0.05) is 26.3 Å². The van der Waals surface area contributed by atoms with Gasteiger partial charge in [-0.05, 0) is 18.4 Å². The molecule has 0 bridgehead atoms. The maximum atomic E-state index is 12.2. The van der Waals surface area contributed by atoms with Gasteiger partial charge in [-0.25, -0.2) is 0 Å². The van der Waals surface area contributed by atoms with Crippen molar-refractivity contribution in [3.05, 3.63) is 35.9 Å². The minimum atomic E-state index is -0.0834. The minimum absolute atomic E-state index is 0.00737. The van der Waals surface area contributed by atoms with Crippen LogP contribution >= 0.6 is 0 Å². The fraction of sp³-hybridized carbons (Fsp3) is 0.731. The van der Waals surface area contributed by atoms with E-state index in [-0.39, 0.29) is 12.0 Å². The number of carbonyl (C=O) groups excluding carboxylic acids is 1. The van der Waals surface area contributed by atoms with Crippen molar-refractivity contribution >= 4 is 5.91 Å². The number of unbranched alkanes of at least 4 members (excludes halogenated alkanes) is 8. The number of carbonyl (C=O) groups is 1. The Labute approximate surface area is 190 Å². The molecule has 2 N–H and O–H groups in total. The molecule has 0 saturated heterocycles. The van der Waals surface area contributed by atoms with E-state index in [0.29, 0.717) is 26.2 Å². The van der Waals surface area contributed by atoms with Crippen LogP contribution in [0.3, 0.4) is 0 Å². The van der Waals surface area contributed by atoms with Crippen LogP contribution < -0.4 is 10.6 Å². The maximum Gasteiger partial charge on any atom is 0.234 e. The Hall–Kier alpha value is -1.43. The molecule has 0 heterocycles. The van der Waals surface area contributed by atoms with Crippen LogP contribution in [0.4, 0.5) is 0 Å². The topological polar surface area (TPSA) is 59.6 Å². The summed E-state index contributed by atoms with van der Waals surface area (Å²) in [6.07, 6.45) is 12.2. The highest BCUT2D eigenvalue weighted by Crippen LogP contribution is 2.05. The van der Waals surface area contributed by atoms with Gasteiger partial charge in [-0.3, -0.25) is 4.79 Å². The molecule has 1 aromatic rings. The number of amides is 1. The normalized spacial score (nSPS) is 12.1. The van der Waals surface area contributed by atoms with Crippen LogP contribution in [0.25, 0.3) is 0 Å². The summed E-state index contributed by atoms with van der Waals surface area (Å²) in [5.74, 6) is -0.00737. The fourth-order valence-corrected chi connectivity index (χ4v) is 3.35. The Morgan fingerprint density at radius 3 is 2.19 bits per heavy atom. The van der Waals surface area contributed by atoms with Gasteiger partial charge in [0.05, 0.1) is 19.3 Å². The SMILES string of the molecule is CCCCCCCOCC(CNC(=O)CNCc1ccccc1)OCCCCCCC. The van der Waals surface area contributed by atoms with E-state index in [4.69, 9.17) is 9.47 Å². The smallest absolute Gasteiger partial charge is 0.234 e. The molecule has 1 atom stereocenters. The Morgan fingerprint density at radius 1 is 0.871 bits per heavy atom. The van der Waals surface area contributed by atoms with E-state index in [1.54, 1.807) is 0 Å². The third kappa shape index (κ3) is 16.9. The summed E-state index contributed by atoms with van der Waals surface area (Å²) < 4.78 is 11.9. The van der Waals surface area contributed by atoms with Gasteiger partial charge in [0.1, 0.15) is 0 Å². The maximum absolute atomic E-state index is 12.2. The van der Waals surface area contributed by atoms with Crippen molar-refractivity contribution in [2.45, 2.75) is 90.7 Å². The van der Waals surface area contributed by atoms with Crippen LogP contribution in [0.15, 0.2) is 30.3 Å². The molecule has 1 unspecified atom stereocenters. The predicted octanol–water partition coefficient (Wildman–Crippen LogP) is 5.24. The second kappa shape index (κ2) is 20.5. The molecule has 0 saturated carbocycles. The van der Waals surface area contributed by atoms with Crippen molar-refractivity contribution in [3.63, 3.8) is 0 Å². The van der Waals surface area contributed by atoms with Crippen molar-refractivity contribution in [2.75, 3.05) is 32.9 Å². The quantitative estimate of drug-likeness (QED) is 0.260. The third-order valence-corrected chi connectivity index (χ3v) is 5.28. The van der Waals surface area contributed by atoms with Crippen molar-refractivity contribution in [3.8, 4) is 0 Å². The minimum Gasteiger partial charge on any atom is -0.379 e. The molecule has 5 heteroatoms. The molecule has 0 aliphatic rings. The number of hydrogen-bond acceptors (Lipinski definition) is 4. The molecule has 1 aromatic carbocycles. The number of benzene rings is 1. The van der Waals surface area contributed by atoms with Crippen LogP contribution in [0.1, 0.15) is 83.6 Å². The van der Waals surface area contributed by atoms with E-state index in [9.17, 15) is 4.79 Å². The van der Waals surface area contributed by atoms with E-state index in [1.165, 1.54) is 56.9 Å². The first-order valence-corrected chi connectivity index (χ1v) is 12.5. The summed E-state index contributed by atoms with van der Waals surface area (Å²) in [6.45, 7) is 7.99. The van der Waals surface area contributed by atoms with Crippen molar-refractivity contribution < 1.29 is 14.3 Å². The lowest BCUT2D eigenvalue weighted by Crippen LogP contribution is -2.40. The average molecular weight is 435 g/mol. The second-order valence-corrected chi connectivity index (χ2v) is 8.29. The zero-order valence-corrected chi connectivity index (χ0v) is 20.0. The summed E-state index contributed by atoms with van der Waals surface area (Å²) in [6, 6.07) is 10.1. The van der Waals surface area contributed by atoms with Crippen molar-refractivity contribution in [1.82, 2.24) is 10.6 Å². The molecule has 0 fully saturated rings. The van der Waals surface area contributed by atoms with Gasteiger partial charge in [0.25, 0.3) is 0 Å². The number of nitrogens with one attached hydrogen (secondary N) is 2. The van der Waals surface area contributed by atoms with E-state index in [1.807, 2.05) is 18.2 Å². The molecule has 0 aliphatic carbocycles. The molecule has 5 nitrogen and oxygen atoms in total. The summed E-state index contributed by atoms with van der Waals surface area (Å²) >= 11 is 0. The molecule has 0 spiro atoms. The number of rotatable bonds is 21. The Kier molecular flexibility index (Phi) is 18.2. The van der Waals surface area contributed by atoms with Gasteiger partial charge in [0.15, 0.2) is 0 Å². The van der Waals surface area contributed by atoms with Gasteiger partial charge < -0.3 is 20.1 Å². The summed E-state index contributed by atoms with van der Waals surface area (Å²) in [7, 11) is 0. The first kappa shape index (κ1) is 27.6. The van der Waals surface area contributed by atoms with Gasteiger partial charge >= 0.3 is 0 Å². The molecule has 0 aliphatic heterocycles. The largest absolute Gasteiger partial charge is 0.379 e. The summed E-state index contributed by atoms with van der Waals surface area (Å²) in [5, 5.41) is 6.18. The molecular formula is C26H46N2O3. The zero-order chi connectivity index (χ0) is 22.4. The lowest BCUT2D eigenvalue weighted by molar-refractivity contribution is -0.121. The second-order valence-electron chi connectivity index (χ2n) is 8.29. The van der Waals surface area contributed by atoms with Gasteiger partial charge in [-0.1, -0.05) is 95.5 Å². The summed E-state index contributed by atoms with van der Waals surface area (Å²) in [5.41, 5.74) is 1.17. The molecule has 0 aromatic heterocycles. The van der Waals surface area contributed by atoms with E-state index < -0.39 is 0 Å². The van der Waals surface area contributed by atoms with Gasteiger partial charge in [-0.2, -0.15) is 0 Å². The van der Waals surface area contributed by atoms with Crippen LogP contribution in [0, 0.1) is 0 Å². The molecule has 0 radical (unpaired) electrons. The fourth-order valence-electron chi connectivity index (χ4n) is 3.35. The van der Waals surface area contributed by atoms with E-state index in [0.717, 1.165) is 26.1 Å². The average Bonchev–Trinajstić information content (AvgIpc) is 2.79. The monoisotopic (exact) mass is 434 g/mol. The Balaban J connectivity index is 2.22. The molecule has 31 heavy (non-hydrogen) atoms. The first-order valence-electron chi connectivity index (χ1n) is 12.5. The standard InChI is InChI=1S/C26H46N2O3/c1-3-5-7-9-14-18-30-23-25(31-19-15-10-8-6-4-2)21-28-26(29)22-27-20-24-16-12-11-13-17-24/h11-13,16-17,25,27H,3-10,14-15,18-23H2,1-2H3,(H,28,29). The molecule has 178 valence electrons. The number of hydrogen-bond donors (Lipinski definition) is 2. The molecule has 1 rings (SSSR count). The van der Waals surface area contributed by atoms with Crippen LogP contribution in [0.2, 0.25) is 0 Å². The van der Waals surface area contributed by atoms with Crippen LogP contribution in [-0.4, -0.2) is 44.9 Å². The lowest BCUT2D eigenvalue weighted by atomic mass is 10.2. The third-order valence-electron chi connectivity index (χ3n) is 5.28.